The van der Waals surface area contributed by atoms with E-state index in [0.29, 0.717) is 13.0 Å². The molecule has 2 saturated heterocycles. The van der Waals surface area contributed by atoms with Crippen molar-refractivity contribution in [1.82, 2.24) is 0 Å². The average molecular weight is 260 g/mol. The van der Waals surface area contributed by atoms with Crippen LogP contribution in [0.15, 0.2) is 0 Å². The summed E-state index contributed by atoms with van der Waals surface area (Å²) in [6.45, 7) is 0.515. The normalized spacial score (nSPS) is 30.4. The zero-order chi connectivity index (χ0) is 12.1. The Bertz CT molecular complexity index is 253. The lowest BCUT2D eigenvalue weighted by molar-refractivity contribution is -0.144. The van der Waals surface area contributed by atoms with Crippen LogP contribution in [0.5, 0.6) is 0 Å². The molecule has 0 spiro atoms. The average Bonchev–Trinajstić information content (AvgIpc) is 2.77. The number of carbonyl (C=O) groups is 1. The highest BCUT2D eigenvalue weighted by Gasteiger charge is 2.30. The molecule has 0 aromatic carbocycles. The van der Waals surface area contributed by atoms with E-state index in [9.17, 15) is 4.79 Å². The first-order valence-corrected chi connectivity index (χ1v) is 7.35. The molecule has 0 N–H and O–H groups in total. The molecule has 98 valence electrons. The number of methoxy groups -OCH3 is 1. The first-order chi connectivity index (χ1) is 8.28. The first kappa shape index (κ1) is 13.2. The fraction of sp³-hybridized carbons (Fsp3) is 0.917. The van der Waals surface area contributed by atoms with E-state index in [1.54, 1.807) is 0 Å². The van der Waals surface area contributed by atoms with Crippen LogP contribution in [0.3, 0.4) is 0 Å². The third-order valence-electron chi connectivity index (χ3n) is 3.30. The molecule has 0 bridgehead atoms. The summed E-state index contributed by atoms with van der Waals surface area (Å²) in [5, 5.41) is 0. The number of rotatable bonds is 4. The molecule has 2 rings (SSSR count). The number of hydrogen-bond acceptors (Lipinski definition) is 5. The Morgan fingerprint density at radius 1 is 1.41 bits per heavy atom. The van der Waals surface area contributed by atoms with Crippen LogP contribution in [0.1, 0.15) is 25.7 Å². The molecule has 2 fully saturated rings. The van der Waals surface area contributed by atoms with Crippen molar-refractivity contribution in [3.05, 3.63) is 0 Å². The lowest BCUT2D eigenvalue weighted by Gasteiger charge is -2.23. The van der Waals surface area contributed by atoms with Crippen molar-refractivity contribution in [2.24, 2.45) is 5.92 Å². The van der Waals surface area contributed by atoms with Gasteiger partial charge in [-0.3, -0.25) is 4.79 Å². The van der Waals surface area contributed by atoms with Crippen LogP contribution in [0.4, 0.5) is 0 Å². The fourth-order valence-corrected chi connectivity index (χ4v) is 3.47. The molecule has 2 aliphatic heterocycles. The molecule has 0 aromatic rings. The lowest BCUT2D eigenvalue weighted by Crippen LogP contribution is -2.21. The van der Waals surface area contributed by atoms with E-state index in [1.807, 2.05) is 11.8 Å². The monoisotopic (exact) mass is 260 g/mol. The van der Waals surface area contributed by atoms with E-state index in [0.717, 1.165) is 12.3 Å². The van der Waals surface area contributed by atoms with E-state index in [-0.39, 0.29) is 18.4 Å². The molecule has 0 aliphatic carbocycles. The Morgan fingerprint density at radius 3 is 2.88 bits per heavy atom. The summed E-state index contributed by atoms with van der Waals surface area (Å²) in [4.78, 5) is 11.1. The second-order valence-corrected chi connectivity index (χ2v) is 5.82. The van der Waals surface area contributed by atoms with Crippen molar-refractivity contribution in [3.8, 4) is 0 Å². The van der Waals surface area contributed by atoms with Crippen molar-refractivity contribution < 1.29 is 19.0 Å². The topological polar surface area (TPSA) is 44.8 Å². The summed E-state index contributed by atoms with van der Waals surface area (Å²) in [5.41, 5.74) is 0. The van der Waals surface area contributed by atoms with Gasteiger partial charge >= 0.3 is 5.97 Å². The van der Waals surface area contributed by atoms with Crippen molar-refractivity contribution in [2.75, 3.05) is 25.2 Å². The van der Waals surface area contributed by atoms with E-state index in [1.165, 1.54) is 31.5 Å². The summed E-state index contributed by atoms with van der Waals surface area (Å²) in [7, 11) is 1.40. The maximum absolute atomic E-state index is 11.1. The van der Waals surface area contributed by atoms with Crippen molar-refractivity contribution in [3.63, 3.8) is 0 Å². The van der Waals surface area contributed by atoms with Gasteiger partial charge in [0.25, 0.3) is 0 Å². The minimum atomic E-state index is -0.228. The Labute approximate surface area is 106 Å². The third-order valence-corrected chi connectivity index (χ3v) is 4.35. The molecule has 2 aliphatic rings. The Balaban J connectivity index is 1.68. The second kappa shape index (κ2) is 6.61. The van der Waals surface area contributed by atoms with Crippen LogP contribution in [0, 0.1) is 5.92 Å². The van der Waals surface area contributed by atoms with Crippen LogP contribution in [0.25, 0.3) is 0 Å². The van der Waals surface area contributed by atoms with E-state index >= 15 is 0 Å². The Morgan fingerprint density at radius 2 is 2.18 bits per heavy atom. The van der Waals surface area contributed by atoms with Gasteiger partial charge in [0.2, 0.25) is 0 Å². The first-order valence-electron chi connectivity index (χ1n) is 6.19. The van der Waals surface area contributed by atoms with Gasteiger partial charge in [0.15, 0.2) is 6.29 Å². The van der Waals surface area contributed by atoms with Crippen molar-refractivity contribution >= 4 is 17.7 Å². The minimum absolute atomic E-state index is 0.113. The number of ether oxygens (including phenoxy) is 3. The molecule has 0 amide bonds. The molecule has 2 heterocycles. The van der Waals surface area contributed by atoms with Crippen molar-refractivity contribution in [1.29, 1.82) is 0 Å². The maximum Gasteiger partial charge on any atom is 0.308 e. The lowest BCUT2D eigenvalue weighted by atomic mass is 9.99. The maximum atomic E-state index is 11.1. The number of esters is 1. The quantitative estimate of drug-likeness (QED) is 0.722. The minimum Gasteiger partial charge on any atom is -0.469 e. The summed E-state index contributed by atoms with van der Waals surface area (Å²) < 4.78 is 15.9. The second-order valence-electron chi connectivity index (χ2n) is 4.59. The van der Waals surface area contributed by atoms with Crippen molar-refractivity contribution in [2.45, 2.75) is 38.1 Å². The molecule has 0 aromatic heterocycles. The Hall–Kier alpha value is -0.260. The third kappa shape index (κ3) is 4.16. The molecule has 5 heteroatoms. The van der Waals surface area contributed by atoms with E-state index in [4.69, 9.17) is 9.47 Å². The molecular formula is C12H20O4S. The molecule has 4 nitrogen and oxygen atoms in total. The number of carbonyl (C=O) groups excluding carboxylic acids is 1. The predicted molar refractivity (Wildman–Crippen MR) is 65.9 cm³/mol. The van der Waals surface area contributed by atoms with Gasteiger partial charge in [-0.05, 0) is 30.3 Å². The number of thioether (sulfide) groups is 1. The van der Waals surface area contributed by atoms with Gasteiger partial charge in [-0.25, -0.2) is 0 Å². The largest absolute Gasteiger partial charge is 0.469 e. The van der Waals surface area contributed by atoms with Crippen LogP contribution >= 0.6 is 11.8 Å². The van der Waals surface area contributed by atoms with Gasteiger partial charge in [-0.15, -0.1) is 0 Å². The molecule has 17 heavy (non-hydrogen) atoms. The van der Waals surface area contributed by atoms with Crippen LogP contribution in [-0.2, 0) is 19.0 Å². The molecule has 0 saturated carbocycles. The van der Waals surface area contributed by atoms with Crippen LogP contribution < -0.4 is 0 Å². The standard InChI is InChI=1S/C12H20O4S/c1-14-11(13)7-10-8-15-12(16-10)6-9-2-4-17-5-3-9/h9-10,12H,2-8H2,1H3. The van der Waals surface area contributed by atoms with Gasteiger partial charge < -0.3 is 14.2 Å². The van der Waals surface area contributed by atoms with E-state index in [2.05, 4.69) is 4.74 Å². The van der Waals surface area contributed by atoms with Crippen LogP contribution in [0.2, 0.25) is 0 Å². The number of hydrogen-bond donors (Lipinski definition) is 0. The smallest absolute Gasteiger partial charge is 0.308 e. The zero-order valence-corrected chi connectivity index (χ0v) is 11.0. The zero-order valence-electron chi connectivity index (χ0n) is 10.2. The van der Waals surface area contributed by atoms with Gasteiger partial charge in [0.05, 0.1) is 26.2 Å². The predicted octanol–water partition coefficient (Wildman–Crippen LogP) is 1.82. The van der Waals surface area contributed by atoms with Gasteiger partial charge in [0, 0.05) is 6.42 Å². The van der Waals surface area contributed by atoms with Gasteiger partial charge in [0.1, 0.15) is 0 Å². The fourth-order valence-electron chi connectivity index (χ4n) is 2.26. The highest BCUT2D eigenvalue weighted by Crippen LogP contribution is 2.29. The van der Waals surface area contributed by atoms with Gasteiger partial charge in [-0.1, -0.05) is 0 Å². The molecule has 2 atom stereocenters. The summed E-state index contributed by atoms with van der Waals surface area (Å²) in [6, 6.07) is 0. The highest BCUT2D eigenvalue weighted by molar-refractivity contribution is 7.99. The molecular weight excluding hydrogens is 240 g/mol. The molecule has 2 unspecified atom stereocenters. The highest BCUT2D eigenvalue weighted by atomic mass is 32.2. The van der Waals surface area contributed by atoms with Gasteiger partial charge in [-0.2, -0.15) is 11.8 Å². The summed E-state index contributed by atoms with van der Waals surface area (Å²) in [6.07, 6.45) is 3.56. The SMILES string of the molecule is COC(=O)CC1COC(CC2CCSCC2)O1. The summed E-state index contributed by atoms with van der Waals surface area (Å²) in [5.74, 6) is 3.00. The summed E-state index contributed by atoms with van der Waals surface area (Å²) >= 11 is 2.03. The van der Waals surface area contributed by atoms with Crippen LogP contribution in [-0.4, -0.2) is 43.6 Å². The molecule has 0 radical (unpaired) electrons. The van der Waals surface area contributed by atoms with E-state index < -0.39 is 0 Å². The Kier molecular flexibility index (Phi) is 5.13.